The van der Waals surface area contributed by atoms with Crippen LogP contribution in [0.4, 0.5) is 0 Å². The summed E-state index contributed by atoms with van der Waals surface area (Å²) < 4.78 is 11.0. The van der Waals surface area contributed by atoms with E-state index in [4.69, 9.17) is 9.47 Å². The topological polar surface area (TPSA) is 72.8 Å². The molecule has 272 valence electrons. The van der Waals surface area contributed by atoms with Crippen LogP contribution >= 0.6 is 15.9 Å². The second-order valence-electron chi connectivity index (χ2n) is 13.1. The van der Waals surface area contributed by atoms with E-state index in [1.807, 2.05) is 0 Å². The lowest BCUT2D eigenvalue weighted by molar-refractivity contribution is -0.154. The molecule has 0 aliphatic carbocycles. The number of ether oxygens (including phenoxy) is 2. The number of carbonyl (C=O) groups is 2. The quantitative estimate of drug-likeness (QED) is 0.0310. The van der Waals surface area contributed by atoms with Crippen LogP contribution in [-0.4, -0.2) is 42.2 Å². The van der Waals surface area contributed by atoms with Crippen LogP contribution in [0.3, 0.4) is 0 Å². The molecule has 47 heavy (non-hydrogen) atoms. The van der Waals surface area contributed by atoms with Crippen molar-refractivity contribution in [3.8, 4) is 0 Å². The van der Waals surface area contributed by atoms with Crippen molar-refractivity contribution in [3.63, 3.8) is 0 Å². The van der Waals surface area contributed by atoms with Crippen molar-refractivity contribution >= 4 is 27.9 Å². The Morgan fingerprint density at radius 2 is 0.872 bits per heavy atom. The van der Waals surface area contributed by atoms with Crippen LogP contribution in [0.2, 0.25) is 0 Å². The first-order valence-corrected chi connectivity index (χ1v) is 20.2. The number of carbonyl (C=O) groups excluding carboxylic acids is 2. The summed E-state index contributed by atoms with van der Waals surface area (Å²) in [5, 5.41) is 10.4. The van der Waals surface area contributed by atoms with E-state index in [0.717, 1.165) is 64.2 Å². The first-order chi connectivity index (χ1) is 23.0. The highest BCUT2D eigenvalue weighted by atomic mass is 79.9. The van der Waals surface area contributed by atoms with Gasteiger partial charge in [0.15, 0.2) is 0 Å². The van der Waals surface area contributed by atoms with Crippen molar-refractivity contribution < 1.29 is 24.2 Å². The van der Waals surface area contributed by atoms with Gasteiger partial charge >= 0.3 is 11.9 Å². The molecule has 0 saturated heterocycles. The van der Waals surface area contributed by atoms with Gasteiger partial charge in [-0.15, -0.1) is 0 Å². The molecule has 0 unspecified atom stereocenters. The molecule has 0 fully saturated rings. The van der Waals surface area contributed by atoms with Gasteiger partial charge in [0.25, 0.3) is 0 Å². The Morgan fingerprint density at radius 1 is 0.532 bits per heavy atom. The van der Waals surface area contributed by atoms with Crippen molar-refractivity contribution in [3.05, 3.63) is 48.6 Å². The Labute approximate surface area is 298 Å². The summed E-state index contributed by atoms with van der Waals surface area (Å²) in [7, 11) is 0. The largest absolute Gasteiger partial charge is 0.465 e. The van der Waals surface area contributed by atoms with Crippen molar-refractivity contribution in [1.29, 1.82) is 0 Å². The van der Waals surface area contributed by atoms with E-state index in [0.29, 0.717) is 18.2 Å². The molecule has 0 radical (unpaired) electrons. The first kappa shape index (κ1) is 45.3. The third-order valence-corrected chi connectivity index (χ3v) is 9.55. The van der Waals surface area contributed by atoms with Crippen LogP contribution in [0.5, 0.6) is 0 Å². The van der Waals surface area contributed by atoms with E-state index in [2.05, 4.69) is 78.4 Å². The third kappa shape index (κ3) is 31.4. The molecule has 0 aliphatic rings. The summed E-state index contributed by atoms with van der Waals surface area (Å²) in [5.74, 6) is -0.517. The lowest BCUT2D eigenvalue weighted by Crippen LogP contribution is -2.39. The van der Waals surface area contributed by atoms with Gasteiger partial charge in [0.2, 0.25) is 0 Å². The molecule has 0 aromatic heterocycles. The molecule has 5 nitrogen and oxygen atoms in total. The van der Waals surface area contributed by atoms with Crippen molar-refractivity contribution in [2.45, 2.75) is 168 Å². The Balaban J connectivity index is 3.86. The van der Waals surface area contributed by atoms with E-state index in [9.17, 15) is 14.7 Å². The van der Waals surface area contributed by atoms with Crippen LogP contribution in [0.25, 0.3) is 0 Å². The smallest absolute Gasteiger partial charge is 0.305 e. The van der Waals surface area contributed by atoms with Crippen molar-refractivity contribution in [2.75, 3.05) is 25.2 Å². The number of rotatable bonds is 34. The number of aliphatic hydroxyl groups is 1. The normalized spacial score (nSPS) is 12.3. The maximum atomic E-state index is 12.3. The lowest BCUT2D eigenvalue weighted by Gasteiger charge is -2.28. The van der Waals surface area contributed by atoms with E-state index >= 15 is 0 Å². The third-order valence-electron chi connectivity index (χ3n) is 8.36. The zero-order valence-electron chi connectivity index (χ0n) is 30.4. The number of halogens is 1. The highest BCUT2D eigenvalue weighted by Crippen LogP contribution is 2.22. The first-order valence-electron chi connectivity index (χ1n) is 19.1. The number of alkyl halides is 1. The Bertz CT molecular complexity index is 764. The molecule has 0 bridgehead atoms. The summed E-state index contributed by atoms with van der Waals surface area (Å²) in [6, 6.07) is 0. The summed E-state index contributed by atoms with van der Waals surface area (Å²) in [5.41, 5.74) is -0.817. The predicted octanol–water partition coefficient (Wildman–Crippen LogP) is 12.1. The number of hydrogen-bond acceptors (Lipinski definition) is 5. The molecule has 0 amide bonds. The van der Waals surface area contributed by atoms with Gasteiger partial charge in [0, 0.05) is 18.2 Å². The summed E-state index contributed by atoms with van der Waals surface area (Å²) in [6.45, 7) is 4.30. The molecule has 0 heterocycles. The van der Waals surface area contributed by atoms with Crippen molar-refractivity contribution in [1.82, 2.24) is 0 Å². The van der Waals surface area contributed by atoms with Crippen LogP contribution in [0.15, 0.2) is 48.6 Å². The molecule has 0 aromatic rings. The molecule has 0 aliphatic heterocycles. The van der Waals surface area contributed by atoms with Gasteiger partial charge in [-0.05, 0) is 77.0 Å². The van der Waals surface area contributed by atoms with Crippen LogP contribution in [0.1, 0.15) is 168 Å². The molecule has 0 aromatic carbocycles. The SMILES string of the molecule is CCCCC/C=C\C/C=C\CCCCCCCC(=O)OCC(CO)(CBr)COC(=O)CCCCCCC/C=C\C/C=C\CCCCC. The van der Waals surface area contributed by atoms with Gasteiger partial charge in [-0.3, -0.25) is 9.59 Å². The Kier molecular flexibility index (Phi) is 34.4. The maximum Gasteiger partial charge on any atom is 0.305 e. The van der Waals surface area contributed by atoms with Gasteiger partial charge in [-0.1, -0.05) is 143 Å². The molecule has 0 spiro atoms. The number of unbranched alkanes of at least 4 members (excludes halogenated alkanes) is 16. The van der Waals surface area contributed by atoms with Gasteiger partial charge in [-0.2, -0.15) is 0 Å². The van der Waals surface area contributed by atoms with Crippen molar-refractivity contribution in [2.24, 2.45) is 5.41 Å². The minimum atomic E-state index is -0.817. The summed E-state index contributed by atoms with van der Waals surface area (Å²) >= 11 is 3.42. The minimum absolute atomic E-state index is 0.0326. The van der Waals surface area contributed by atoms with E-state index in [-0.39, 0.29) is 31.8 Å². The summed E-state index contributed by atoms with van der Waals surface area (Å²) in [6.07, 6.45) is 44.0. The van der Waals surface area contributed by atoms with Gasteiger partial charge in [0.05, 0.1) is 12.0 Å². The highest BCUT2D eigenvalue weighted by molar-refractivity contribution is 9.09. The minimum Gasteiger partial charge on any atom is -0.465 e. The van der Waals surface area contributed by atoms with Crippen LogP contribution in [-0.2, 0) is 19.1 Å². The van der Waals surface area contributed by atoms with E-state index < -0.39 is 5.41 Å². The van der Waals surface area contributed by atoms with Gasteiger partial charge in [-0.25, -0.2) is 0 Å². The van der Waals surface area contributed by atoms with E-state index in [1.165, 1.54) is 77.0 Å². The number of allylic oxidation sites excluding steroid dienone is 8. The monoisotopic (exact) mass is 722 g/mol. The lowest BCUT2D eigenvalue weighted by atomic mass is 9.94. The molecular formula is C41H71BrO5. The average molecular weight is 724 g/mol. The number of hydrogen-bond donors (Lipinski definition) is 1. The van der Waals surface area contributed by atoms with Gasteiger partial charge < -0.3 is 14.6 Å². The predicted molar refractivity (Wildman–Crippen MR) is 204 cm³/mol. The second kappa shape index (κ2) is 35.6. The Morgan fingerprint density at radius 3 is 1.21 bits per heavy atom. The maximum absolute atomic E-state index is 12.3. The van der Waals surface area contributed by atoms with Crippen LogP contribution in [0, 0.1) is 5.41 Å². The second-order valence-corrected chi connectivity index (χ2v) is 13.6. The fraction of sp³-hybridized carbons (Fsp3) is 0.756. The fourth-order valence-electron chi connectivity index (χ4n) is 5.03. The van der Waals surface area contributed by atoms with Crippen LogP contribution < -0.4 is 0 Å². The molecular weight excluding hydrogens is 652 g/mol. The summed E-state index contributed by atoms with van der Waals surface area (Å²) in [4.78, 5) is 24.6. The zero-order valence-corrected chi connectivity index (χ0v) is 32.0. The zero-order chi connectivity index (χ0) is 34.5. The molecule has 0 atom stereocenters. The molecule has 0 saturated carbocycles. The number of esters is 2. The standard InChI is InChI=1S/C41H71BrO5/c1-3-5-7-9-11-13-15-17-19-21-23-25-27-29-31-33-39(44)46-37-41(35-42,36-43)38-47-40(45)34-32-30-28-26-24-22-20-18-16-14-12-10-8-6-4-2/h11-14,17-20,43H,3-10,15-16,21-38H2,1-2H3/b13-11-,14-12-,19-17-,20-18-. The Hall–Kier alpha value is -1.66. The number of aliphatic hydroxyl groups excluding tert-OH is 1. The average Bonchev–Trinajstić information content (AvgIpc) is 3.08. The van der Waals surface area contributed by atoms with Gasteiger partial charge in [0.1, 0.15) is 13.2 Å². The molecule has 1 N–H and O–H groups in total. The highest BCUT2D eigenvalue weighted by Gasteiger charge is 2.32. The fourth-order valence-corrected chi connectivity index (χ4v) is 5.53. The van der Waals surface area contributed by atoms with E-state index in [1.54, 1.807) is 0 Å². The molecule has 6 heteroatoms. The molecule has 0 rings (SSSR count).